The highest BCUT2D eigenvalue weighted by atomic mass is 32.1. The Kier molecular flexibility index (Phi) is 6.66. The molecule has 3 aromatic rings. The minimum absolute atomic E-state index is 0.335. The number of aromatic nitrogens is 1. The lowest BCUT2D eigenvalue weighted by molar-refractivity contribution is -0.0690. The van der Waals surface area contributed by atoms with E-state index in [4.69, 9.17) is 17.0 Å². The van der Waals surface area contributed by atoms with Crippen molar-refractivity contribution < 1.29 is 14.2 Å². The Morgan fingerprint density at radius 1 is 1.23 bits per heavy atom. The van der Waals surface area contributed by atoms with Gasteiger partial charge >= 0.3 is 0 Å². The van der Waals surface area contributed by atoms with Gasteiger partial charge in [-0.1, -0.05) is 12.1 Å². The molecule has 9 heteroatoms. The van der Waals surface area contributed by atoms with Crippen molar-refractivity contribution in [1.82, 2.24) is 14.8 Å². The number of fused-ring (bicyclic) bond motifs is 1. The van der Waals surface area contributed by atoms with E-state index in [1.54, 1.807) is 36.5 Å². The Morgan fingerprint density at radius 2 is 1.97 bits per heavy atom. The minimum atomic E-state index is -0.678. The van der Waals surface area contributed by atoms with E-state index in [2.05, 4.69) is 15.2 Å². The molecule has 0 radical (unpaired) electrons. The number of nitrogens with zero attached hydrogens (tertiary/aromatic N) is 3. The summed E-state index contributed by atoms with van der Waals surface area (Å²) in [6, 6.07) is 12.3. The van der Waals surface area contributed by atoms with Crippen LogP contribution in [0.15, 0.2) is 42.5 Å². The van der Waals surface area contributed by atoms with Gasteiger partial charge in [-0.2, -0.15) is 0 Å². The molecule has 1 fully saturated rings. The van der Waals surface area contributed by atoms with Crippen LogP contribution in [0.3, 0.4) is 0 Å². The van der Waals surface area contributed by atoms with E-state index in [0.29, 0.717) is 42.7 Å². The number of thiazole rings is 1. The van der Waals surface area contributed by atoms with Gasteiger partial charge in [-0.05, 0) is 50.3 Å². The van der Waals surface area contributed by atoms with E-state index in [9.17, 15) is 9.50 Å². The molecular formula is C22H25FN4O2S2. The Labute approximate surface area is 190 Å². The van der Waals surface area contributed by atoms with Gasteiger partial charge in [0.05, 0.1) is 20.9 Å². The predicted octanol–water partition coefficient (Wildman–Crippen LogP) is 3.84. The number of anilines is 1. The van der Waals surface area contributed by atoms with Crippen LogP contribution in [0.5, 0.6) is 5.75 Å². The number of thiocarbonyl (C=S) groups is 1. The standard InChI is InChI=1S/C22H25FN4O2S2/c1-14(28)21(29-16-7-8-20-19(13-16)24-15(2)31-20)26-9-11-27(12-10-26)22(30)25-18-6-4-3-5-17(18)23/h3-8,13-14,21,28H,9-12H2,1-2H3,(H,25,30)/t14-,21?/m1/s1. The van der Waals surface area contributed by atoms with Crippen molar-refractivity contribution in [2.24, 2.45) is 0 Å². The van der Waals surface area contributed by atoms with Gasteiger partial charge in [0.25, 0.3) is 0 Å². The maximum atomic E-state index is 13.9. The van der Waals surface area contributed by atoms with Crippen LogP contribution >= 0.6 is 23.6 Å². The van der Waals surface area contributed by atoms with Gasteiger partial charge in [-0.15, -0.1) is 11.3 Å². The number of benzene rings is 2. The number of piperazine rings is 1. The maximum absolute atomic E-state index is 13.9. The number of aliphatic hydroxyl groups excluding tert-OH is 1. The Morgan fingerprint density at radius 3 is 2.68 bits per heavy atom. The van der Waals surface area contributed by atoms with Crippen LogP contribution in [0.4, 0.5) is 10.1 Å². The molecule has 0 aliphatic carbocycles. The van der Waals surface area contributed by atoms with E-state index in [-0.39, 0.29) is 5.82 Å². The lowest BCUT2D eigenvalue weighted by Gasteiger charge is -2.40. The molecule has 0 bridgehead atoms. The van der Waals surface area contributed by atoms with Gasteiger partial charge in [-0.3, -0.25) is 4.90 Å². The average molecular weight is 461 g/mol. The normalized spacial score (nSPS) is 16.8. The van der Waals surface area contributed by atoms with Crippen LogP contribution in [0.2, 0.25) is 0 Å². The second-order valence-corrected chi connectivity index (χ2v) is 9.17. The summed E-state index contributed by atoms with van der Waals surface area (Å²) in [5.41, 5.74) is 1.27. The van der Waals surface area contributed by atoms with Gasteiger partial charge in [0.1, 0.15) is 17.7 Å². The van der Waals surface area contributed by atoms with Crippen molar-refractivity contribution in [3.63, 3.8) is 0 Å². The van der Waals surface area contributed by atoms with Crippen molar-refractivity contribution in [3.05, 3.63) is 53.3 Å². The second kappa shape index (κ2) is 9.44. The fraction of sp³-hybridized carbons (Fsp3) is 0.364. The summed E-state index contributed by atoms with van der Waals surface area (Å²) in [6.07, 6.45) is -1.16. The zero-order valence-electron chi connectivity index (χ0n) is 17.4. The first-order valence-electron chi connectivity index (χ1n) is 10.2. The zero-order valence-corrected chi connectivity index (χ0v) is 19.0. The van der Waals surface area contributed by atoms with Crippen LogP contribution in [-0.4, -0.2) is 63.5 Å². The fourth-order valence-electron chi connectivity index (χ4n) is 3.65. The number of nitrogens with one attached hydrogen (secondary N) is 1. The Balaban J connectivity index is 1.38. The largest absolute Gasteiger partial charge is 0.472 e. The molecular weight excluding hydrogens is 435 g/mol. The van der Waals surface area contributed by atoms with Crippen molar-refractivity contribution >= 4 is 44.6 Å². The first-order valence-corrected chi connectivity index (χ1v) is 11.4. The second-order valence-electron chi connectivity index (χ2n) is 7.54. The number of halogens is 1. The molecule has 1 aromatic heterocycles. The monoisotopic (exact) mass is 460 g/mol. The van der Waals surface area contributed by atoms with E-state index < -0.39 is 12.3 Å². The number of hydrogen-bond donors (Lipinski definition) is 2. The first-order chi connectivity index (χ1) is 14.9. The predicted molar refractivity (Wildman–Crippen MR) is 126 cm³/mol. The van der Waals surface area contributed by atoms with Gasteiger partial charge in [0.15, 0.2) is 11.3 Å². The quantitative estimate of drug-likeness (QED) is 0.561. The number of rotatable bonds is 5. The summed E-state index contributed by atoms with van der Waals surface area (Å²) in [5, 5.41) is 14.9. The third kappa shape index (κ3) is 5.12. The molecule has 2 heterocycles. The lowest BCUT2D eigenvalue weighted by atomic mass is 10.2. The Bertz CT molecular complexity index is 1070. The van der Waals surface area contributed by atoms with Crippen LogP contribution in [0.25, 0.3) is 10.2 Å². The summed E-state index contributed by atoms with van der Waals surface area (Å²) < 4.78 is 21.2. The summed E-state index contributed by atoms with van der Waals surface area (Å²) in [5.74, 6) is 0.348. The molecule has 4 rings (SSSR count). The summed E-state index contributed by atoms with van der Waals surface area (Å²) in [4.78, 5) is 8.62. The molecule has 6 nitrogen and oxygen atoms in total. The van der Waals surface area contributed by atoms with Crippen LogP contribution in [0.1, 0.15) is 11.9 Å². The van der Waals surface area contributed by atoms with Crippen molar-refractivity contribution in [3.8, 4) is 5.75 Å². The highest BCUT2D eigenvalue weighted by molar-refractivity contribution is 7.80. The van der Waals surface area contributed by atoms with Gasteiger partial charge in [-0.25, -0.2) is 9.37 Å². The molecule has 0 saturated carbocycles. The molecule has 0 amide bonds. The highest BCUT2D eigenvalue weighted by Crippen LogP contribution is 2.27. The summed E-state index contributed by atoms with van der Waals surface area (Å²) >= 11 is 7.11. The molecule has 1 saturated heterocycles. The van der Waals surface area contributed by atoms with E-state index in [1.165, 1.54) is 6.07 Å². The Hall–Kier alpha value is -2.33. The third-order valence-electron chi connectivity index (χ3n) is 5.21. The van der Waals surface area contributed by atoms with Crippen molar-refractivity contribution in [1.29, 1.82) is 0 Å². The van der Waals surface area contributed by atoms with Crippen molar-refractivity contribution in [2.75, 3.05) is 31.5 Å². The molecule has 2 aromatic carbocycles. The topological polar surface area (TPSA) is 60.9 Å². The lowest BCUT2D eigenvalue weighted by Crippen LogP contribution is -2.56. The first kappa shape index (κ1) is 21.9. The average Bonchev–Trinajstić information content (AvgIpc) is 3.13. The number of para-hydroxylation sites is 1. The third-order valence-corrected chi connectivity index (χ3v) is 6.52. The summed E-state index contributed by atoms with van der Waals surface area (Å²) in [7, 11) is 0. The molecule has 31 heavy (non-hydrogen) atoms. The highest BCUT2D eigenvalue weighted by Gasteiger charge is 2.29. The van der Waals surface area contributed by atoms with Gasteiger partial charge < -0.3 is 20.1 Å². The van der Waals surface area contributed by atoms with Crippen LogP contribution < -0.4 is 10.1 Å². The van der Waals surface area contributed by atoms with E-state index >= 15 is 0 Å². The number of aryl methyl sites for hydroxylation is 1. The van der Waals surface area contributed by atoms with Crippen molar-refractivity contribution in [2.45, 2.75) is 26.2 Å². The number of hydrogen-bond acceptors (Lipinski definition) is 6. The molecule has 1 aliphatic rings. The molecule has 2 atom stereocenters. The SMILES string of the molecule is Cc1nc2cc(OC([C@@H](C)O)N3CCN(C(=S)Nc4ccccc4F)CC3)ccc2s1. The van der Waals surface area contributed by atoms with E-state index in [1.807, 2.05) is 30.0 Å². The smallest absolute Gasteiger partial charge is 0.178 e. The molecule has 1 unspecified atom stereocenters. The summed E-state index contributed by atoms with van der Waals surface area (Å²) in [6.45, 7) is 6.33. The molecule has 0 spiro atoms. The van der Waals surface area contributed by atoms with Gasteiger partial charge in [0.2, 0.25) is 0 Å². The van der Waals surface area contributed by atoms with E-state index in [0.717, 1.165) is 15.2 Å². The number of ether oxygens (including phenoxy) is 1. The molecule has 1 aliphatic heterocycles. The van der Waals surface area contributed by atoms with Crippen LogP contribution in [-0.2, 0) is 0 Å². The van der Waals surface area contributed by atoms with Crippen LogP contribution in [0, 0.1) is 12.7 Å². The van der Waals surface area contributed by atoms with Gasteiger partial charge in [0, 0.05) is 32.2 Å². The molecule has 164 valence electrons. The molecule has 2 N–H and O–H groups in total. The number of aliphatic hydroxyl groups is 1. The zero-order chi connectivity index (χ0) is 22.0. The maximum Gasteiger partial charge on any atom is 0.178 e. The fourth-order valence-corrected chi connectivity index (χ4v) is 4.75. The minimum Gasteiger partial charge on any atom is -0.472 e.